The highest BCUT2D eigenvalue weighted by Crippen LogP contribution is 2.14. The molecule has 0 aromatic heterocycles. The van der Waals surface area contributed by atoms with E-state index in [9.17, 15) is 4.79 Å². The Kier molecular flexibility index (Phi) is 7.64. The Bertz CT molecular complexity index is 365. The van der Waals surface area contributed by atoms with Crippen LogP contribution in [-0.2, 0) is 11.2 Å². The van der Waals surface area contributed by atoms with Crippen LogP contribution in [0, 0.1) is 5.92 Å². The number of aryl methyl sites for hydroxylation is 1. The van der Waals surface area contributed by atoms with Gasteiger partial charge in [-0.3, -0.25) is 4.79 Å². The lowest BCUT2D eigenvalue weighted by atomic mass is 10.0. The zero-order valence-corrected chi connectivity index (χ0v) is 12.1. The lowest BCUT2D eigenvalue weighted by molar-refractivity contribution is -0.124. The molecule has 1 aromatic carbocycles. The minimum absolute atomic E-state index is 0. The van der Waals surface area contributed by atoms with Crippen molar-refractivity contribution in [3.8, 4) is 0 Å². The summed E-state index contributed by atoms with van der Waals surface area (Å²) in [6, 6.07) is 8.37. The first-order chi connectivity index (χ1) is 8.08. The van der Waals surface area contributed by atoms with Gasteiger partial charge in [-0.25, -0.2) is 0 Å². The van der Waals surface area contributed by atoms with Gasteiger partial charge in [0, 0.05) is 12.5 Å². The summed E-state index contributed by atoms with van der Waals surface area (Å²) in [6.07, 6.45) is 1.03. The van der Waals surface area contributed by atoms with Crippen molar-refractivity contribution in [3.63, 3.8) is 0 Å². The lowest BCUT2D eigenvalue weighted by Crippen LogP contribution is -2.34. The van der Waals surface area contributed by atoms with Gasteiger partial charge < -0.3 is 11.1 Å². The first-order valence-electron chi connectivity index (χ1n) is 6.17. The number of hydrogen-bond acceptors (Lipinski definition) is 2. The van der Waals surface area contributed by atoms with Crippen molar-refractivity contribution in [1.29, 1.82) is 0 Å². The maximum atomic E-state index is 11.7. The molecule has 1 aromatic rings. The molecule has 0 spiro atoms. The summed E-state index contributed by atoms with van der Waals surface area (Å²) in [4.78, 5) is 11.7. The molecule has 0 radical (unpaired) electrons. The van der Waals surface area contributed by atoms with Crippen LogP contribution in [0.15, 0.2) is 24.3 Å². The Balaban J connectivity index is 0.00000289. The average Bonchev–Trinajstić information content (AvgIpc) is 2.37. The van der Waals surface area contributed by atoms with Crippen LogP contribution in [0.3, 0.4) is 0 Å². The van der Waals surface area contributed by atoms with Crippen molar-refractivity contribution >= 4 is 18.3 Å². The maximum absolute atomic E-state index is 11.7. The smallest absolute Gasteiger partial charge is 0.224 e. The van der Waals surface area contributed by atoms with E-state index in [1.54, 1.807) is 0 Å². The maximum Gasteiger partial charge on any atom is 0.224 e. The van der Waals surface area contributed by atoms with Crippen molar-refractivity contribution in [2.45, 2.75) is 33.2 Å². The number of hydrogen-bond donors (Lipinski definition) is 2. The lowest BCUT2D eigenvalue weighted by Gasteiger charge is -2.17. The molecule has 0 aliphatic heterocycles. The molecule has 3 N–H and O–H groups in total. The van der Waals surface area contributed by atoms with Gasteiger partial charge in [-0.1, -0.05) is 38.1 Å². The highest BCUT2D eigenvalue weighted by Gasteiger charge is 2.14. The third kappa shape index (κ3) is 4.67. The number of halogens is 1. The second-order valence-electron chi connectivity index (χ2n) is 4.46. The van der Waals surface area contributed by atoms with Crippen molar-refractivity contribution in [3.05, 3.63) is 35.4 Å². The monoisotopic (exact) mass is 270 g/mol. The topological polar surface area (TPSA) is 55.1 Å². The number of carbonyl (C=O) groups is 1. The van der Waals surface area contributed by atoms with E-state index in [-0.39, 0.29) is 30.3 Å². The van der Waals surface area contributed by atoms with Gasteiger partial charge in [-0.05, 0) is 24.5 Å². The molecule has 0 saturated carbocycles. The summed E-state index contributed by atoms with van der Waals surface area (Å²) in [5.41, 5.74) is 7.90. The van der Waals surface area contributed by atoms with Crippen LogP contribution in [0.1, 0.15) is 37.9 Å². The average molecular weight is 271 g/mol. The Morgan fingerprint density at radius 3 is 2.28 bits per heavy atom. The summed E-state index contributed by atoms with van der Waals surface area (Å²) < 4.78 is 0. The van der Waals surface area contributed by atoms with Gasteiger partial charge in [0.05, 0.1) is 6.04 Å². The van der Waals surface area contributed by atoms with Crippen LogP contribution in [0.5, 0.6) is 0 Å². The molecule has 0 aliphatic rings. The summed E-state index contributed by atoms with van der Waals surface area (Å²) >= 11 is 0. The first kappa shape index (κ1) is 16.9. The van der Waals surface area contributed by atoms with E-state index < -0.39 is 0 Å². The molecular formula is C14H23ClN2O. The van der Waals surface area contributed by atoms with Crippen LogP contribution < -0.4 is 11.1 Å². The van der Waals surface area contributed by atoms with Crippen molar-refractivity contribution in [1.82, 2.24) is 5.32 Å². The first-order valence-corrected chi connectivity index (χ1v) is 6.17. The summed E-state index contributed by atoms with van der Waals surface area (Å²) in [5.74, 6) is -0.119. The fourth-order valence-corrected chi connectivity index (χ4v) is 1.59. The summed E-state index contributed by atoms with van der Waals surface area (Å²) in [7, 11) is 0. The molecule has 0 heterocycles. The standard InChI is InChI=1S/C14H22N2O.ClH/c1-4-12-5-7-13(8-6-12)11(3)16-14(17)10(2)9-15;/h5-8,10-11H,4,9,15H2,1-3H3,(H,16,17);1H. The van der Waals surface area contributed by atoms with Crippen LogP contribution in [0.4, 0.5) is 0 Å². The number of nitrogens with two attached hydrogens (primary N) is 1. The normalized spacial score (nSPS) is 13.3. The fourth-order valence-electron chi connectivity index (χ4n) is 1.59. The van der Waals surface area contributed by atoms with Crippen LogP contribution in [0.2, 0.25) is 0 Å². The molecule has 2 unspecified atom stereocenters. The minimum Gasteiger partial charge on any atom is -0.349 e. The van der Waals surface area contributed by atoms with Crippen molar-refractivity contribution in [2.24, 2.45) is 11.7 Å². The molecule has 4 heteroatoms. The second kappa shape index (κ2) is 8.11. The van der Waals surface area contributed by atoms with Gasteiger partial charge in [-0.2, -0.15) is 0 Å². The molecular weight excluding hydrogens is 248 g/mol. The van der Waals surface area contributed by atoms with E-state index in [0.29, 0.717) is 6.54 Å². The molecule has 0 aliphatic carbocycles. The van der Waals surface area contributed by atoms with Gasteiger partial charge in [-0.15, -0.1) is 12.4 Å². The number of nitrogens with one attached hydrogen (secondary N) is 1. The SMILES string of the molecule is CCc1ccc(C(C)NC(=O)C(C)CN)cc1.Cl. The summed E-state index contributed by atoms with van der Waals surface area (Å²) in [6.45, 7) is 6.33. The Morgan fingerprint density at radius 2 is 1.83 bits per heavy atom. The fraction of sp³-hybridized carbons (Fsp3) is 0.500. The third-order valence-electron chi connectivity index (χ3n) is 3.05. The van der Waals surface area contributed by atoms with Gasteiger partial charge in [0.25, 0.3) is 0 Å². The van der Waals surface area contributed by atoms with E-state index >= 15 is 0 Å². The van der Waals surface area contributed by atoms with Gasteiger partial charge >= 0.3 is 0 Å². The zero-order chi connectivity index (χ0) is 12.8. The molecule has 2 atom stereocenters. The quantitative estimate of drug-likeness (QED) is 0.863. The Hall–Kier alpha value is -1.06. The van der Waals surface area contributed by atoms with E-state index in [2.05, 4.69) is 36.5 Å². The van der Waals surface area contributed by atoms with Gasteiger partial charge in [0.15, 0.2) is 0 Å². The molecule has 1 amide bonds. The number of carbonyl (C=O) groups excluding carboxylic acids is 1. The van der Waals surface area contributed by atoms with E-state index in [1.807, 2.05) is 13.8 Å². The van der Waals surface area contributed by atoms with E-state index in [0.717, 1.165) is 12.0 Å². The third-order valence-corrected chi connectivity index (χ3v) is 3.05. The molecule has 3 nitrogen and oxygen atoms in total. The molecule has 102 valence electrons. The summed E-state index contributed by atoms with van der Waals surface area (Å²) in [5, 5.41) is 2.97. The molecule has 0 fully saturated rings. The number of amides is 1. The number of benzene rings is 1. The minimum atomic E-state index is -0.132. The van der Waals surface area contributed by atoms with Crippen LogP contribution >= 0.6 is 12.4 Å². The van der Waals surface area contributed by atoms with E-state index in [4.69, 9.17) is 5.73 Å². The largest absolute Gasteiger partial charge is 0.349 e. The van der Waals surface area contributed by atoms with Crippen LogP contribution in [-0.4, -0.2) is 12.5 Å². The molecule has 1 rings (SSSR count). The second-order valence-corrected chi connectivity index (χ2v) is 4.46. The van der Waals surface area contributed by atoms with Crippen molar-refractivity contribution < 1.29 is 4.79 Å². The zero-order valence-electron chi connectivity index (χ0n) is 11.3. The Labute approximate surface area is 116 Å². The molecule has 0 bridgehead atoms. The highest BCUT2D eigenvalue weighted by atomic mass is 35.5. The van der Waals surface area contributed by atoms with Gasteiger partial charge in [0.1, 0.15) is 0 Å². The van der Waals surface area contributed by atoms with Crippen LogP contribution in [0.25, 0.3) is 0 Å². The highest BCUT2D eigenvalue weighted by molar-refractivity contribution is 5.85. The van der Waals surface area contributed by atoms with E-state index in [1.165, 1.54) is 5.56 Å². The number of rotatable bonds is 5. The molecule has 18 heavy (non-hydrogen) atoms. The Morgan fingerprint density at radius 1 is 1.28 bits per heavy atom. The van der Waals surface area contributed by atoms with Crippen molar-refractivity contribution in [2.75, 3.05) is 6.54 Å². The predicted molar refractivity (Wildman–Crippen MR) is 77.8 cm³/mol. The predicted octanol–water partition coefficient (Wildman–Crippen LogP) is 2.44. The van der Waals surface area contributed by atoms with Gasteiger partial charge in [0.2, 0.25) is 5.91 Å². The molecule has 0 saturated heterocycles.